The van der Waals surface area contributed by atoms with Crippen LogP contribution >= 0.6 is 27.3 Å². The third kappa shape index (κ3) is 2.95. The van der Waals surface area contributed by atoms with E-state index in [0.717, 1.165) is 14.7 Å². The second-order valence-corrected chi connectivity index (χ2v) is 7.94. The van der Waals surface area contributed by atoms with Crippen molar-refractivity contribution >= 4 is 59.3 Å². The number of amides is 1. The number of nitrogens with zero attached hydrogens (tertiary/aromatic N) is 2. The van der Waals surface area contributed by atoms with Gasteiger partial charge in [-0.25, -0.2) is 4.98 Å². The lowest BCUT2D eigenvalue weighted by atomic mass is 10.1. The summed E-state index contributed by atoms with van der Waals surface area (Å²) in [6.07, 6.45) is 0.0380. The molecule has 112 valence electrons. The standard InChI is InChI=1S/C12H10BrFN2O3S2/c13-11-9(2-1-8-12(11)20-6-15-8)16-4-7(3-10(16)17)5-21(14,18)19/h1-2,6-7H,3-5H2. The highest BCUT2D eigenvalue weighted by molar-refractivity contribution is 9.10. The molecular weight excluding hydrogens is 383 g/mol. The number of benzene rings is 1. The molecular formula is C12H10BrFN2O3S2. The second kappa shape index (κ2) is 5.29. The third-order valence-electron chi connectivity index (χ3n) is 3.35. The lowest BCUT2D eigenvalue weighted by Crippen LogP contribution is -2.25. The highest BCUT2D eigenvalue weighted by Crippen LogP contribution is 2.38. The van der Waals surface area contributed by atoms with E-state index in [1.807, 2.05) is 0 Å². The number of rotatable bonds is 3. The monoisotopic (exact) mass is 392 g/mol. The Morgan fingerprint density at radius 3 is 2.95 bits per heavy atom. The van der Waals surface area contributed by atoms with Crippen LogP contribution in [-0.2, 0) is 15.0 Å². The molecule has 2 aromatic rings. The molecule has 0 spiro atoms. The molecule has 5 nitrogen and oxygen atoms in total. The minimum absolute atomic E-state index is 0.0380. The molecule has 1 atom stereocenters. The summed E-state index contributed by atoms with van der Waals surface area (Å²) in [6.45, 7) is 0.199. The fourth-order valence-corrected chi connectivity index (χ4v) is 4.84. The number of thiazole rings is 1. The van der Waals surface area contributed by atoms with Gasteiger partial charge in [-0.1, -0.05) is 0 Å². The zero-order chi connectivity index (χ0) is 15.2. The smallest absolute Gasteiger partial charge is 0.302 e. The van der Waals surface area contributed by atoms with Crippen LogP contribution in [0, 0.1) is 5.92 Å². The van der Waals surface area contributed by atoms with Crippen molar-refractivity contribution in [2.45, 2.75) is 6.42 Å². The zero-order valence-electron chi connectivity index (χ0n) is 10.6. The fourth-order valence-electron chi connectivity index (χ4n) is 2.50. The topological polar surface area (TPSA) is 67.3 Å². The first-order valence-corrected chi connectivity index (χ1v) is 9.32. The van der Waals surface area contributed by atoms with Crippen LogP contribution in [0.15, 0.2) is 22.1 Å². The van der Waals surface area contributed by atoms with Crippen LogP contribution in [-0.4, -0.2) is 31.6 Å². The summed E-state index contributed by atoms with van der Waals surface area (Å²) in [6, 6.07) is 3.56. The first-order chi connectivity index (χ1) is 9.85. The van der Waals surface area contributed by atoms with Crippen molar-refractivity contribution in [1.82, 2.24) is 4.98 Å². The number of halogens is 2. The molecule has 0 N–H and O–H groups in total. The van der Waals surface area contributed by atoms with E-state index in [1.54, 1.807) is 17.6 Å². The van der Waals surface area contributed by atoms with Gasteiger partial charge < -0.3 is 4.90 Å². The predicted molar refractivity (Wildman–Crippen MR) is 82.7 cm³/mol. The van der Waals surface area contributed by atoms with Gasteiger partial charge in [0.15, 0.2) is 0 Å². The number of carbonyl (C=O) groups excluding carboxylic acids is 1. The van der Waals surface area contributed by atoms with Crippen molar-refractivity contribution in [2.24, 2.45) is 5.92 Å². The van der Waals surface area contributed by atoms with Crippen molar-refractivity contribution in [3.63, 3.8) is 0 Å². The molecule has 2 heterocycles. The molecule has 1 unspecified atom stereocenters. The van der Waals surface area contributed by atoms with Gasteiger partial charge in [-0.2, -0.15) is 8.42 Å². The Labute approximate surface area is 133 Å². The molecule has 21 heavy (non-hydrogen) atoms. The Hall–Kier alpha value is -1.06. The summed E-state index contributed by atoms with van der Waals surface area (Å²) in [5.74, 6) is -1.33. The number of hydrogen-bond donors (Lipinski definition) is 0. The van der Waals surface area contributed by atoms with E-state index >= 15 is 0 Å². The van der Waals surface area contributed by atoms with Crippen LogP contribution < -0.4 is 4.90 Å². The molecule has 0 aliphatic carbocycles. The van der Waals surface area contributed by atoms with E-state index in [0.29, 0.717) is 5.69 Å². The maximum atomic E-state index is 12.8. The highest BCUT2D eigenvalue weighted by Gasteiger charge is 2.34. The van der Waals surface area contributed by atoms with Crippen molar-refractivity contribution in [2.75, 3.05) is 17.2 Å². The Balaban J connectivity index is 1.92. The molecule has 1 aromatic heterocycles. The number of anilines is 1. The summed E-state index contributed by atoms with van der Waals surface area (Å²) in [5.41, 5.74) is 3.20. The summed E-state index contributed by atoms with van der Waals surface area (Å²) >= 11 is 4.91. The Kier molecular flexibility index (Phi) is 3.74. The molecule has 0 radical (unpaired) electrons. The van der Waals surface area contributed by atoms with Crippen molar-refractivity contribution in [3.8, 4) is 0 Å². The van der Waals surface area contributed by atoms with E-state index in [9.17, 15) is 17.1 Å². The molecule has 1 fully saturated rings. The predicted octanol–water partition coefficient (Wildman–Crippen LogP) is 2.71. The number of fused-ring (bicyclic) bond motifs is 1. The fraction of sp³-hybridized carbons (Fsp3) is 0.333. The van der Waals surface area contributed by atoms with E-state index in [4.69, 9.17) is 0 Å². The maximum Gasteiger partial charge on any atom is 0.302 e. The lowest BCUT2D eigenvalue weighted by Gasteiger charge is -2.18. The van der Waals surface area contributed by atoms with Crippen LogP contribution in [0.2, 0.25) is 0 Å². The minimum atomic E-state index is -4.57. The van der Waals surface area contributed by atoms with Gasteiger partial charge in [0.1, 0.15) is 0 Å². The molecule has 9 heteroatoms. The molecule has 1 aliphatic rings. The van der Waals surface area contributed by atoms with E-state index in [-0.39, 0.29) is 18.9 Å². The number of aromatic nitrogens is 1. The lowest BCUT2D eigenvalue weighted by molar-refractivity contribution is -0.117. The van der Waals surface area contributed by atoms with Gasteiger partial charge in [-0.15, -0.1) is 15.2 Å². The molecule has 0 saturated carbocycles. The molecule has 1 aromatic carbocycles. The zero-order valence-corrected chi connectivity index (χ0v) is 13.8. The summed E-state index contributed by atoms with van der Waals surface area (Å²) < 4.78 is 35.9. The SMILES string of the molecule is O=C1CC(CS(=O)(=O)F)CN1c1ccc2ncsc2c1Br. The van der Waals surface area contributed by atoms with Crippen LogP contribution in [0.3, 0.4) is 0 Å². The van der Waals surface area contributed by atoms with E-state index < -0.39 is 21.9 Å². The van der Waals surface area contributed by atoms with E-state index in [2.05, 4.69) is 20.9 Å². The average molecular weight is 393 g/mol. The highest BCUT2D eigenvalue weighted by atomic mass is 79.9. The normalized spacial score (nSPS) is 19.6. The molecule has 1 saturated heterocycles. The van der Waals surface area contributed by atoms with Gasteiger partial charge in [-0.05, 0) is 28.1 Å². The molecule has 3 rings (SSSR count). The molecule has 0 bridgehead atoms. The van der Waals surface area contributed by atoms with Crippen LogP contribution in [0.5, 0.6) is 0 Å². The van der Waals surface area contributed by atoms with Gasteiger partial charge in [0, 0.05) is 18.9 Å². The van der Waals surface area contributed by atoms with Crippen molar-refractivity contribution < 1.29 is 17.1 Å². The largest absolute Gasteiger partial charge is 0.311 e. The van der Waals surface area contributed by atoms with Crippen molar-refractivity contribution in [1.29, 1.82) is 0 Å². The average Bonchev–Trinajstić information content (AvgIpc) is 2.95. The Morgan fingerprint density at radius 2 is 2.24 bits per heavy atom. The van der Waals surface area contributed by atoms with Crippen LogP contribution in [0.4, 0.5) is 9.57 Å². The van der Waals surface area contributed by atoms with Crippen LogP contribution in [0.1, 0.15) is 6.42 Å². The van der Waals surface area contributed by atoms with Gasteiger partial charge in [0.05, 0.1) is 31.6 Å². The van der Waals surface area contributed by atoms with Gasteiger partial charge in [-0.3, -0.25) is 4.79 Å². The first kappa shape index (κ1) is 14.9. The maximum absolute atomic E-state index is 12.8. The summed E-state index contributed by atoms with van der Waals surface area (Å²) in [4.78, 5) is 17.8. The van der Waals surface area contributed by atoms with Gasteiger partial charge in [0.25, 0.3) is 0 Å². The second-order valence-electron chi connectivity index (χ2n) is 4.88. The first-order valence-electron chi connectivity index (χ1n) is 6.09. The minimum Gasteiger partial charge on any atom is -0.311 e. The van der Waals surface area contributed by atoms with Gasteiger partial charge >= 0.3 is 10.2 Å². The summed E-state index contributed by atoms with van der Waals surface area (Å²) in [7, 11) is -4.57. The molecule has 1 amide bonds. The Bertz CT molecular complexity index is 821. The quantitative estimate of drug-likeness (QED) is 0.753. The van der Waals surface area contributed by atoms with Gasteiger partial charge in [0.2, 0.25) is 5.91 Å². The molecule has 1 aliphatic heterocycles. The Morgan fingerprint density at radius 1 is 1.48 bits per heavy atom. The van der Waals surface area contributed by atoms with E-state index in [1.165, 1.54) is 16.2 Å². The van der Waals surface area contributed by atoms with Crippen molar-refractivity contribution in [3.05, 3.63) is 22.1 Å². The third-order valence-corrected chi connectivity index (χ3v) is 6.14. The van der Waals surface area contributed by atoms with Crippen LogP contribution in [0.25, 0.3) is 10.2 Å². The number of hydrogen-bond acceptors (Lipinski definition) is 5. The number of carbonyl (C=O) groups is 1. The summed E-state index contributed by atoms with van der Waals surface area (Å²) in [5, 5.41) is 0.